The summed E-state index contributed by atoms with van der Waals surface area (Å²) in [5.74, 6) is 1.06. The van der Waals surface area contributed by atoms with Gasteiger partial charge >= 0.3 is 5.69 Å². The number of methoxy groups -OCH3 is 1. The number of carbonyl (C=O) groups excluding carboxylic acids is 1. The number of carbonyl (C=O) groups is 1. The van der Waals surface area contributed by atoms with E-state index in [9.17, 15) is 19.2 Å². The molecule has 1 amide bonds. The van der Waals surface area contributed by atoms with Crippen LogP contribution in [-0.4, -0.2) is 50.9 Å². The summed E-state index contributed by atoms with van der Waals surface area (Å²) in [5, 5.41) is 14.4. The molecule has 1 aliphatic rings. The van der Waals surface area contributed by atoms with E-state index in [1.54, 1.807) is 17.0 Å². The molecule has 5 rings (SSSR count). The maximum Gasteiger partial charge on any atom is 0.363 e. The van der Waals surface area contributed by atoms with Gasteiger partial charge in [-0.25, -0.2) is 4.79 Å². The highest BCUT2D eigenvalue weighted by atomic mass is 35.5. The van der Waals surface area contributed by atoms with Crippen molar-refractivity contribution in [1.29, 1.82) is 0 Å². The molecule has 1 atom stereocenters. The molecule has 0 radical (unpaired) electrons. The summed E-state index contributed by atoms with van der Waals surface area (Å²) in [7, 11) is 1.53. The van der Waals surface area contributed by atoms with Crippen molar-refractivity contribution in [2.45, 2.75) is 59.8 Å². The van der Waals surface area contributed by atoms with Crippen molar-refractivity contribution in [2.24, 2.45) is 5.41 Å². The smallest absolute Gasteiger partial charge is 0.363 e. The molecule has 0 fully saturated rings. The van der Waals surface area contributed by atoms with Gasteiger partial charge in [-0.15, -0.1) is 0 Å². The van der Waals surface area contributed by atoms with Gasteiger partial charge in [0.05, 0.1) is 37.0 Å². The predicted molar refractivity (Wildman–Crippen MR) is 161 cm³/mol. The number of tetrazole rings is 1. The number of anilines is 3. The minimum absolute atomic E-state index is 0.0715. The number of benzene rings is 1. The van der Waals surface area contributed by atoms with Crippen LogP contribution in [0.25, 0.3) is 0 Å². The maximum atomic E-state index is 13.5. The lowest BCUT2D eigenvalue weighted by molar-refractivity contribution is 0.0771. The minimum Gasteiger partial charge on any atom is -0.464 e. The summed E-state index contributed by atoms with van der Waals surface area (Å²) in [4.78, 5) is 53.1. The molecule has 0 spiro atoms. The summed E-state index contributed by atoms with van der Waals surface area (Å²) in [6.07, 6.45) is 0.630. The van der Waals surface area contributed by atoms with Crippen LogP contribution in [0.15, 0.2) is 43.1 Å². The Hall–Kier alpha value is -4.23. The number of aryl methyl sites for hydroxylation is 1. The molecule has 1 aliphatic heterocycles. The lowest BCUT2D eigenvalue weighted by Gasteiger charge is -2.27. The van der Waals surface area contributed by atoms with Crippen molar-refractivity contribution in [2.75, 3.05) is 30.9 Å². The van der Waals surface area contributed by atoms with E-state index in [0.717, 1.165) is 5.76 Å². The van der Waals surface area contributed by atoms with Gasteiger partial charge in [-0.2, -0.15) is 9.36 Å². The number of hydrogen-bond acceptors (Lipinski definition) is 10. The van der Waals surface area contributed by atoms with E-state index >= 15 is 0 Å². The topological polar surface area (TPSA) is 154 Å². The second kappa shape index (κ2) is 11.8. The Balaban J connectivity index is 1.36. The second-order valence-electron chi connectivity index (χ2n) is 11.8. The average Bonchev–Trinajstić information content (AvgIpc) is 3.65. The number of furan rings is 1. The Morgan fingerprint density at radius 1 is 1.00 bits per heavy atom. The Bertz CT molecular complexity index is 1790. The van der Waals surface area contributed by atoms with Gasteiger partial charge in [0, 0.05) is 30.8 Å². The molecule has 1 unspecified atom stereocenters. The monoisotopic (exact) mass is 611 g/mol. The highest BCUT2D eigenvalue weighted by Gasteiger charge is 2.34. The second-order valence-corrected chi connectivity index (χ2v) is 12.2. The number of rotatable bonds is 12. The number of halogens is 1. The van der Waals surface area contributed by atoms with E-state index in [2.05, 4.69) is 41.8 Å². The van der Waals surface area contributed by atoms with Crippen molar-refractivity contribution in [3.05, 3.63) is 82.9 Å². The van der Waals surface area contributed by atoms with Crippen LogP contribution in [0.5, 0.6) is 0 Å². The zero-order chi connectivity index (χ0) is 31.1. The van der Waals surface area contributed by atoms with Crippen LogP contribution >= 0.6 is 11.6 Å². The molecule has 2 N–H and O–H groups in total. The highest BCUT2D eigenvalue weighted by molar-refractivity contribution is 6.32. The van der Waals surface area contributed by atoms with E-state index in [1.165, 1.54) is 16.5 Å². The van der Waals surface area contributed by atoms with Crippen LogP contribution < -0.4 is 27.2 Å². The van der Waals surface area contributed by atoms with E-state index in [1.807, 2.05) is 19.1 Å². The van der Waals surface area contributed by atoms with E-state index < -0.39 is 16.5 Å². The van der Waals surface area contributed by atoms with Crippen molar-refractivity contribution >= 4 is 34.6 Å². The first-order valence-electron chi connectivity index (χ1n) is 13.9. The van der Waals surface area contributed by atoms with Gasteiger partial charge in [-0.1, -0.05) is 32.4 Å². The Kier molecular flexibility index (Phi) is 8.30. The molecule has 0 bridgehead atoms. The first-order valence-corrected chi connectivity index (χ1v) is 14.3. The van der Waals surface area contributed by atoms with Gasteiger partial charge < -0.3 is 24.7 Å². The number of nitrogens with zero attached hydrogens (tertiary/aromatic N) is 5. The van der Waals surface area contributed by atoms with Gasteiger partial charge in [-0.3, -0.25) is 14.4 Å². The summed E-state index contributed by atoms with van der Waals surface area (Å²) < 4.78 is 13.2. The lowest BCUT2D eigenvalue weighted by Crippen LogP contribution is -2.38. The van der Waals surface area contributed by atoms with Crippen LogP contribution in [0.2, 0.25) is 5.02 Å². The molecule has 228 valence electrons. The van der Waals surface area contributed by atoms with Crippen LogP contribution in [0.1, 0.15) is 60.7 Å². The molecule has 13 nitrogen and oxygen atoms in total. The zero-order valence-electron chi connectivity index (χ0n) is 24.7. The van der Waals surface area contributed by atoms with Crippen LogP contribution in [0.4, 0.5) is 17.1 Å². The van der Waals surface area contributed by atoms with E-state index in [0.29, 0.717) is 40.6 Å². The summed E-state index contributed by atoms with van der Waals surface area (Å²) in [5.41, 5.74) is -0.408. The average molecular weight is 612 g/mol. The molecule has 3 heterocycles. The molecule has 0 saturated carbocycles. The summed E-state index contributed by atoms with van der Waals surface area (Å²) in [6.45, 7) is 9.16. The lowest BCUT2D eigenvalue weighted by atomic mass is 9.87. The van der Waals surface area contributed by atoms with Crippen molar-refractivity contribution in [1.82, 2.24) is 24.7 Å². The zero-order valence-corrected chi connectivity index (χ0v) is 25.4. The van der Waals surface area contributed by atoms with Gasteiger partial charge in [0.1, 0.15) is 22.9 Å². The third kappa shape index (κ3) is 6.13. The van der Waals surface area contributed by atoms with Gasteiger partial charge in [0.2, 0.25) is 0 Å². The normalized spacial score (nSPS) is 14.0. The minimum atomic E-state index is -0.686. The fourth-order valence-corrected chi connectivity index (χ4v) is 5.36. The molecule has 0 aliphatic carbocycles. The summed E-state index contributed by atoms with van der Waals surface area (Å²) >= 11 is 6.48. The van der Waals surface area contributed by atoms with Crippen molar-refractivity contribution in [3.63, 3.8) is 0 Å². The Morgan fingerprint density at radius 3 is 2.35 bits per heavy atom. The quantitative estimate of drug-likeness (QED) is 0.228. The molecule has 14 heteroatoms. The Labute approximate surface area is 252 Å². The molecular weight excluding hydrogens is 578 g/mol. The van der Waals surface area contributed by atoms with Crippen molar-refractivity contribution < 1.29 is 13.9 Å². The predicted octanol–water partition coefficient (Wildman–Crippen LogP) is 3.23. The standard InChI is InChI=1S/C29H34ClN7O6/c1-16-6-9-21(43-16)20(14-29(2,3)4)32-24-23(25(38)26(24)39)31-19-8-7-18(30)17-15-35(27(40)22(17)19)10-11-36-28(41)37(34-33-36)12-13-42-5/h6-9,20,31-32H,10-15H2,1-5H3. The number of aromatic nitrogens is 4. The third-order valence-corrected chi connectivity index (χ3v) is 7.66. The SMILES string of the molecule is COCCn1nnn(CCN2Cc3c(Cl)ccc(Nc4c(NC(CC(C)(C)C)c5ccc(C)o5)c(=O)c4=O)c3C2=O)c1=O. The van der Waals surface area contributed by atoms with Crippen LogP contribution in [-0.2, 0) is 24.4 Å². The fraction of sp³-hybridized carbons (Fsp3) is 0.448. The first kappa shape index (κ1) is 30.2. The highest BCUT2D eigenvalue weighted by Crippen LogP contribution is 2.38. The van der Waals surface area contributed by atoms with E-state index in [-0.39, 0.29) is 54.9 Å². The fourth-order valence-electron chi connectivity index (χ4n) is 5.14. The maximum absolute atomic E-state index is 13.5. The number of amides is 1. The first-order chi connectivity index (χ1) is 20.4. The molecule has 4 aromatic rings. The third-order valence-electron chi connectivity index (χ3n) is 7.30. The van der Waals surface area contributed by atoms with Gasteiger partial charge in [0.15, 0.2) is 0 Å². The van der Waals surface area contributed by atoms with Gasteiger partial charge in [-0.05, 0) is 53.5 Å². The number of hydrogen-bond donors (Lipinski definition) is 2. The molecular formula is C29H34ClN7O6. The van der Waals surface area contributed by atoms with E-state index in [4.69, 9.17) is 20.8 Å². The molecule has 43 heavy (non-hydrogen) atoms. The van der Waals surface area contributed by atoms with Crippen molar-refractivity contribution in [3.8, 4) is 0 Å². The van der Waals surface area contributed by atoms with Crippen LogP contribution in [0.3, 0.4) is 0 Å². The largest absolute Gasteiger partial charge is 0.464 e. The number of nitrogens with one attached hydrogen (secondary N) is 2. The Morgan fingerprint density at radius 2 is 1.70 bits per heavy atom. The van der Waals surface area contributed by atoms with Crippen LogP contribution in [0, 0.1) is 12.3 Å². The number of ether oxygens (including phenoxy) is 1. The summed E-state index contributed by atoms with van der Waals surface area (Å²) in [6, 6.07) is 6.59. The number of fused-ring (bicyclic) bond motifs is 1. The van der Waals surface area contributed by atoms with Gasteiger partial charge in [0.25, 0.3) is 16.8 Å². The molecule has 2 aromatic heterocycles. The molecule has 0 saturated heterocycles. The molecule has 2 aromatic carbocycles.